The monoisotopic (exact) mass is 290 g/mol. The normalized spacial score (nSPS) is 11.3. The second-order valence-corrected chi connectivity index (χ2v) is 4.73. The van der Waals surface area contributed by atoms with E-state index in [1.165, 1.54) is 6.07 Å². The Hall–Kier alpha value is -2.35. The summed E-state index contributed by atoms with van der Waals surface area (Å²) in [5.74, 6) is 1.14. The molecule has 0 saturated heterocycles. The molecule has 0 saturated carbocycles. The fraction of sp³-hybridized carbons (Fsp3) is 0.375. The van der Waals surface area contributed by atoms with E-state index in [0.29, 0.717) is 18.4 Å². The summed E-state index contributed by atoms with van der Waals surface area (Å²) in [6.45, 7) is 1.78. The molecule has 5 heteroatoms. The minimum absolute atomic E-state index is 0.107. The minimum atomic E-state index is -0.331. The van der Waals surface area contributed by atoms with Gasteiger partial charge in [-0.15, -0.1) is 6.42 Å². The zero-order valence-electron chi connectivity index (χ0n) is 12.0. The van der Waals surface area contributed by atoms with Crippen LogP contribution in [-0.4, -0.2) is 24.9 Å². The van der Waals surface area contributed by atoms with Crippen LogP contribution in [0.2, 0.25) is 0 Å². The Labute approximate surface area is 124 Å². The molecule has 1 atom stereocenters. The lowest BCUT2D eigenvalue weighted by molar-refractivity contribution is -0.128. The van der Waals surface area contributed by atoms with E-state index < -0.39 is 0 Å². The van der Waals surface area contributed by atoms with Crippen LogP contribution >= 0.6 is 0 Å². The highest BCUT2D eigenvalue weighted by molar-refractivity contribution is 5.85. The Bertz CT molecular complexity index is 537. The van der Waals surface area contributed by atoms with Gasteiger partial charge >= 0.3 is 0 Å². The maximum atomic E-state index is 13.4. The van der Waals surface area contributed by atoms with E-state index in [-0.39, 0.29) is 36.6 Å². The van der Waals surface area contributed by atoms with Gasteiger partial charge in [-0.05, 0) is 24.5 Å². The van der Waals surface area contributed by atoms with E-state index in [1.807, 2.05) is 0 Å². The molecule has 1 rings (SSSR count). The number of carbonyl (C=O) groups is 2. The molecule has 1 aromatic rings. The fourth-order valence-corrected chi connectivity index (χ4v) is 1.76. The molecule has 21 heavy (non-hydrogen) atoms. The molecule has 0 aliphatic rings. The largest absolute Gasteiger partial charge is 0.347 e. The number of benzene rings is 1. The topological polar surface area (TPSA) is 58.2 Å². The SMILES string of the molecule is C#CCNC(=O)CNC(=O)C(C)CCc1ccccc1F. The average Bonchev–Trinajstić information content (AvgIpc) is 2.49. The number of amides is 2. The van der Waals surface area contributed by atoms with Crippen LogP contribution in [-0.2, 0) is 16.0 Å². The maximum Gasteiger partial charge on any atom is 0.240 e. The third-order valence-corrected chi connectivity index (χ3v) is 3.06. The van der Waals surface area contributed by atoms with Gasteiger partial charge in [0.15, 0.2) is 0 Å². The quantitative estimate of drug-likeness (QED) is 0.743. The molecular weight excluding hydrogens is 271 g/mol. The molecular formula is C16H19FN2O2. The van der Waals surface area contributed by atoms with Gasteiger partial charge in [0.25, 0.3) is 0 Å². The summed E-state index contributed by atoms with van der Waals surface area (Å²) in [5, 5.41) is 4.98. The van der Waals surface area contributed by atoms with E-state index in [2.05, 4.69) is 16.6 Å². The summed E-state index contributed by atoms with van der Waals surface area (Å²) in [7, 11) is 0. The van der Waals surface area contributed by atoms with Gasteiger partial charge in [0.1, 0.15) is 5.82 Å². The number of terminal acetylenes is 1. The first-order valence-electron chi connectivity index (χ1n) is 6.76. The summed E-state index contributed by atoms with van der Waals surface area (Å²) in [5.41, 5.74) is 0.587. The van der Waals surface area contributed by atoms with Gasteiger partial charge in [-0.1, -0.05) is 31.0 Å². The van der Waals surface area contributed by atoms with Crippen molar-refractivity contribution in [1.82, 2.24) is 10.6 Å². The summed E-state index contributed by atoms with van der Waals surface area (Å²) in [6, 6.07) is 6.49. The van der Waals surface area contributed by atoms with Crippen molar-refractivity contribution in [2.45, 2.75) is 19.8 Å². The van der Waals surface area contributed by atoms with E-state index in [0.717, 1.165) is 0 Å². The highest BCUT2D eigenvalue weighted by atomic mass is 19.1. The van der Waals surface area contributed by atoms with Gasteiger partial charge in [0.2, 0.25) is 11.8 Å². The lowest BCUT2D eigenvalue weighted by Crippen LogP contribution is -2.39. The van der Waals surface area contributed by atoms with Gasteiger partial charge in [0, 0.05) is 5.92 Å². The van der Waals surface area contributed by atoms with E-state index in [9.17, 15) is 14.0 Å². The smallest absolute Gasteiger partial charge is 0.240 e. The van der Waals surface area contributed by atoms with Crippen LogP contribution in [0.25, 0.3) is 0 Å². The summed E-state index contributed by atoms with van der Waals surface area (Å²) >= 11 is 0. The Morgan fingerprint density at radius 2 is 2.05 bits per heavy atom. The van der Waals surface area contributed by atoms with Crippen molar-refractivity contribution in [2.24, 2.45) is 5.92 Å². The lowest BCUT2D eigenvalue weighted by Gasteiger charge is -2.12. The minimum Gasteiger partial charge on any atom is -0.347 e. The molecule has 112 valence electrons. The van der Waals surface area contributed by atoms with Crippen LogP contribution in [0, 0.1) is 24.1 Å². The average molecular weight is 290 g/mol. The van der Waals surface area contributed by atoms with Crippen molar-refractivity contribution >= 4 is 11.8 Å². The number of halogens is 1. The summed E-state index contributed by atoms with van der Waals surface area (Å²) < 4.78 is 13.4. The Kier molecular flexibility index (Phi) is 6.96. The lowest BCUT2D eigenvalue weighted by atomic mass is 10.00. The Morgan fingerprint density at radius 3 is 2.71 bits per heavy atom. The molecule has 1 unspecified atom stereocenters. The Morgan fingerprint density at radius 1 is 1.33 bits per heavy atom. The molecule has 0 radical (unpaired) electrons. The number of hydrogen-bond acceptors (Lipinski definition) is 2. The second-order valence-electron chi connectivity index (χ2n) is 4.73. The molecule has 1 aromatic carbocycles. The van der Waals surface area contributed by atoms with Crippen molar-refractivity contribution in [3.8, 4) is 12.3 Å². The molecule has 0 bridgehead atoms. The van der Waals surface area contributed by atoms with Crippen LogP contribution in [0.1, 0.15) is 18.9 Å². The van der Waals surface area contributed by atoms with Gasteiger partial charge < -0.3 is 10.6 Å². The highest BCUT2D eigenvalue weighted by Crippen LogP contribution is 2.13. The molecule has 0 fully saturated rings. The molecule has 2 amide bonds. The zero-order valence-corrected chi connectivity index (χ0v) is 12.0. The van der Waals surface area contributed by atoms with E-state index in [1.54, 1.807) is 25.1 Å². The number of rotatable bonds is 7. The van der Waals surface area contributed by atoms with E-state index in [4.69, 9.17) is 6.42 Å². The number of aryl methyl sites for hydroxylation is 1. The molecule has 0 aromatic heterocycles. The first kappa shape index (κ1) is 16.7. The molecule has 0 aliphatic carbocycles. The first-order valence-corrected chi connectivity index (χ1v) is 6.76. The molecule has 0 heterocycles. The van der Waals surface area contributed by atoms with Gasteiger partial charge in [0.05, 0.1) is 13.1 Å². The van der Waals surface area contributed by atoms with Crippen LogP contribution in [0.3, 0.4) is 0 Å². The molecule has 2 N–H and O–H groups in total. The van der Waals surface area contributed by atoms with Crippen LogP contribution in [0.15, 0.2) is 24.3 Å². The van der Waals surface area contributed by atoms with Crippen molar-refractivity contribution in [2.75, 3.05) is 13.1 Å². The van der Waals surface area contributed by atoms with Crippen LogP contribution in [0.4, 0.5) is 4.39 Å². The van der Waals surface area contributed by atoms with Crippen molar-refractivity contribution in [3.63, 3.8) is 0 Å². The van der Waals surface area contributed by atoms with Crippen molar-refractivity contribution in [3.05, 3.63) is 35.6 Å². The Balaban J connectivity index is 2.33. The first-order chi connectivity index (χ1) is 10.0. The molecule has 0 aliphatic heterocycles. The number of nitrogens with one attached hydrogen (secondary N) is 2. The number of hydrogen-bond donors (Lipinski definition) is 2. The molecule has 0 spiro atoms. The van der Waals surface area contributed by atoms with E-state index >= 15 is 0 Å². The number of carbonyl (C=O) groups excluding carboxylic acids is 2. The van der Waals surface area contributed by atoms with Gasteiger partial charge in [-0.3, -0.25) is 9.59 Å². The second kappa shape index (κ2) is 8.75. The standard InChI is InChI=1S/C16H19FN2O2/c1-3-10-18-15(20)11-19-16(21)12(2)8-9-13-6-4-5-7-14(13)17/h1,4-7,12H,8-11H2,2H3,(H,18,20)(H,19,21). The van der Waals surface area contributed by atoms with Crippen LogP contribution < -0.4 is 10.6 Å². The van der Waals surface area contributed by atoms with Gasteiger partial charge in [-0.25, -0.2) is 4.39 Å². The predicted molar refractivity (Wildman–Crippen MR) is 78.7 cm³/mol. The molecule has 4 nitrogen and oxygen atoms in total. The summed E-state index contributed by atoms with van der Waals surface area (Å²) in [6.07, 6.45) is 5.99. The van der Waals surface area contributed by atoms with Crippen LogP contribution in [0.5, 0.6) is 0 Å². The summed E-state index contributed by atoms with van der Waals surface area (Å²) in [4.78, 5) is 23.1. The third kappa shape index (κ3) is 6.09. The maximum absolute atomic E-state index is 13.4. The zero-order chi connectivity index (χ0) is 15.7. The van der Waals surface area contributed by atoms with Gasteiger partial charge in [-0.2, -0.15) is 0 Å². The third-order valence-electron chi connectivity index (χ3n) is 3.06. The predicted octanol–water partition coefficient (Wildman–Crippen LogP) is 1.26. The highest BCUT2D eigenvalue weighted by Gasteiger charge is 2.14. The fourth-order valence-electron chi connectivity index (χ4n) is 1.76. The van der Waals surface area contributed by atoms with Crippen molar-refractivity contribution < 1.29 is 14.0 Å². The van der Waals surface area contributed by atoms with Crippen molar-refractivity contribution in [1.29, 1.82) is 0 Å².